The molecule has 9 heteroatoms. The predicted octanol–water partition coefficient (Wildman–Crippen LogP) is 5.89. The highest BCUT2D eigenvalue weighted by molar-refractivity contribution is 6.31. The number of carbonyl (C=O) groups excluding carboxylic acids is 1. The SMILES string of the molecule is CNCc1ccc(C(=O)N2CCCC(C(O)(CCCNC(=O)O)c3cccc(Cl)c3Cc3cccc(C)c3)C2)c(F)c1. The largest absolute Gasteiger partial charge is 0.465 e. The molecule has 0 saturated carbocycles. The second kappa shape index (κ2) is 14.1. The van der Waals surface area contributed by atoms with E-state index in [1.165, 1.54) is 12.1 Å². The second-order valence-electron chi connectivity index (χ2n) is 11.1. The molecule has 0 radical (unpaired) electrons. The summed E-state index contributed by atoms with van der Waals surface area (Å²) in [5.74, 6) is -1.35. The number of hydrogen-bond donors (Lipinski definition) is 4. The van der Waals surface area contributed by atoms with E-state index in [1.54, 1.807) is 24.1 Å². The first kappa shape index (κ1) is 31.5. The summed E-state index contributed by atoms with van der Waals surface area (Å²) in [4.78, 5) is 26.2. The Labute approximate surface area is 251 Å². The Morgan fingerprint density at radius 2 is 1.90 bits per heavy atom. The first-order valence-electron chi connectivity index (χ1n) is 14.4. The number of hydrogen-bond acceptors (Lipinski definition) is 4. The van der Waals surface area contributed by atoms with Crippen LogP contribution in [0.2, 0.25) is 5.02 Å². The number of nitrogens with zero attached hydrogens (tertiary/aromatic N) is 1. The third-order valence-corrected chi connectivity index (χ3v) is 8.44. The average Bonchev–Trinajstić information content (AvgIpc) is 2.96. The van der Waals surface area contributed by atoms with Crippen molar-refractivity contribution in [1.82, 2.24) is 15.5 Å². The van der Waals surface area contributed by atoms with Crippen molar-refractivity contribution in [2.24, 2.45) is 5.92 Å². The van der Waals surface area contributed by atoms with Gasteiger partial charge in [-0.15, -0.1) is 0 Å². The van der Waals surface area contributed by atoms with Crippen molar-refractivity contribution in [2.45, 2.75) is 51.2 Å². The van der Waals surface area contributed by atoms with Gasteiger partial charge >= 0.3 is 6.09 Å². The van der Waals surface area contributed by atoms with Gasteiger partial charge in [-0.05, 0) is 86.5 Å². The van der Waals surface area contributed by atoms with E-state index in [2.05, 4.69) is 16.7 Å². The first-order chi connectivity index (χ1) is 20.1. The van der Waals surface area contributed by atoms with E-state index in [0.717, 1.165) is 22.3 Å². The average molecular weight is 596 g/mol. The van der Waals surface area contributed by atoms with Gasteiger partial charge in [0.1, 0.15) is 5.82 Å². The fraction of sp³-hybridized carbons (Fsp3) is 0.394. The van der Waals surface area contributed by atoms with Crippen molar-refractivity contribution in [2.75, 3.05) is 26.7 Å². The number of halogens is 2. The van der Waals surface area contributed by atoms with E-state index >= 15 is 0 Å². The van der Waals surface area contributed by atoms with E-state index in [4.69, 9.17) is 16.7 Å². The molecular weight excluding hydrogens is 557 g/mol. The molecule has 0 aliphatic carbocycles. The lowest BCUT2D eigenvalue weighted by Crippen LogP contribution is -2.49. The quantitative estimate of drug-likeness (QED) is 0.207. The summed E-state index contributed by atoms with van der Waals surface area (Å²) in [7, 11) is 1.77. The number of rotatable bonds is 11. The number of amides is 2. The summed E-state index contributed by atoms with van der Waals surface area (Å²) in [6.45, 7) is 3.37. The van der Waals surface area contributed by atoms with Crippen LogP contribution < -0.4 is 10.6 Å². The number of carbonyl (C=O) groups is 2. The molecule has 1 aliphatic heterocycles. The van der Waals surface area contributed by atoms with E-state index in [9.17, 15) is 19.1 Å². The number of aryl methyl sites for hydroxylation is 1. The number of nitrogens with one attached hydrogen (secondary N) is 2. The minimum absolute atomic E-state index is 0.00703. The smallest absolute Gasteiger partial charge is 0.404 e. The van der Waals surface area contributed by atoms with Gasteiger partial charge in [0.15, 0.2) is 0 Å². The van der Waals surface area contributed by atoms with Gasteiger partial charge in [0.2, 0.25) is 0 Å². The number of benzene rings is 3. The zero-order chi connectivity index (χ0) is 30.3. The third kappa shape index (κ3) is 7.48. The number of carboxylic acid groups (broad SMARTS) is 1. The molecule has 224 valence electrons. The molecule has 7 nitrogen and oxygen atoms in total. The lowest BCUT2D eigenvalue weighted by Gasteiger charge is -2.44. The molecule has 1 aliphatic rings. The summed E-state index contributed by atoms with van der Waals surface area (Å²) in [5, 5.41) is 27.5. The van der Waals surface area contributed by atoms with Gasteiger partial charge in [-0.1, -0.05) is 59.6 Å². The van der Waals surface area contributed by atoms with Gasteiger partial charge in [0, 0.05) is 37.1 Å². The van der Waals surface area contributed by atoms with E-state index < -0.39 is 23.4 Å². The number of piperidine rings is 1. The zero-order valence-electron chi connectivity index (χ0n) is 24.1. The van der Waals surface area contributed by atoms with Crippen molar-refractivity contribution in [3.8, 4) is 0 Å². The molecule has 42 heavy (non-hydrogen) atoms. The normalized spacial score (nSPS) is 16.6. The van der Waals surface area contributed by atoms with Crippen LogP contribution in [0.3, 0.4) is 0 Å². The van der Waals surface area contributed by atoms with Crippen LogP contribution >= 0.6 is 11.6 Å². The molecule has 2 unspecified atom stereocenters. The minimum atomic E-state index is -1.40. The van der Waals surface area contributed by atoms with Gasteiger partial charge < -0.3 is 25.7 Å². The molecule has 1 saturated heterocycles. The standard InChI is InChI=1S/C33H39ClFN3O4/c1-22-7-3-8-23(17-22)18-27-28(10-4-11-29(27)34)33(42,14-6-15-37-32(40)41)25-9-5-16-38(21-25)31(39)26-13-12-24(20-36-2)19-30(26)35/h3-4,7-8,10-13,17,19,25,36-37,42H,5-6,9,14-16,18,20-21H2,1-2H3,(H,40,41). The van der Waals surface area contributed by atoms with Gasteiger partial charge in [-0.25, -0.2) is 9.18 Å². The van der Waals surface area contributed by atoms with E-state index in [-0.39, 0.29) is 31.0 Å². The Morgan fingerprint density at radius 3 is 2.62 bits per heavy atom. The molecule has 2 amide bonds. The van der Waals surface area contributed by atoms with Crippen LogP contribution in [0.15, 0.2) is 60.7 Å². The van der Waals surface area contributed by atoms with Crippen molar-refractivity contribution in [1.29, 1.82) is 0 Å². The van der Waals surface area contributed by atoms with E-state index in [0.29, 0.717) is 49.4 Å². The molecule has 4 rings (SSSR count). The molecule has 0 spiro atoms. The second-order valence-corrected chi connectivity index (χ2v) is 11.5. The van der Waals surface area contributed by atoms with Crippen LogP contribution in [0.1, 0.15) is 63.9 Å². The summed E-state index contributed by atoms with van der Waals surface area (Å²) in [5.41, 5.74) is 2.99. The lowest BCUT2D eigenvalue weighted by atomic mass is 9.72. The Balaban J connectivity index is 1.67. The third-order valence-electron chi connectivity index (χ3n) is 8.09. The number of likely N-dealkylation sites (tertiary alicyclic amines) is 1. The predicted molar refractivity (Wildman–Crippen MR) is 162 cm³/mol. The molecule has 2 atom stereocenters. The monoisotopic (exact) mass is 595 g/mol. The molecule has 3 aromatic rings. The highest BCUT2D eigenvalue weighted by atomic mass is 35.5. The molecule has 0 aromatic heterocycles. The molecular formula is C33H39ClFN3O4. The summed E-state index contributed by atoms with van der Waals surface area (Å²) >= 11 is 6.77. The van der Waals surface area contributed by atoms with Crippen LogP contribution in [0, 0.1) is 18.7 Å². The summed E-state index contributed by atoms with van der Waals surface area (Å²) in [6.07, 6.45) is 1.30. The van der Waals surface area contributed by atoms with Crippen LogP contribution in [-0.2, 0) is 18.6 Å². The molecule has 1 fully saturated rings. The molecule has 0 bridgehead atoms. The van der Waals surface area contributed by atoms with Crippen molar-refractivity contribution >= 4 is 23.6 Å². The lowest BCUT2D eigenvalue weighted by molar-refractivity contribution is -0.0573. The zero-order valence-corrected chi connectivity index (χ0v) is 24.9. The Kier molecular flexibility index (Phi) is 10.6. The van der Waals surface area contributed by atoms with Crippen LogP contribution in [0.4, 0.5) is 9.18 Å². The van der Waals surface area contributed by atoms with Crippen LogP contribution in [-0.4, -0.2) is 53.8 Å². The molecule has 1 heterocycles. The van der Waals surface area contributed by atoms with Gasteiger partial charge in [-0.3, -0.25) is 4.79 Å². The highest BCUT2D eigenvalue weighted by Crippen LogP contribution is 2.43. The Hall–Kier alpha value is -3.46. The number of aliphatic hydroxyl groups is 1. The van der Waals surface area contributed by atoms with Gasteiger partial charge in [0.25, 0.3) is 5.91 Å². The fourth-order valence-corrected chi connectivity index (χ4v) is 6.29. The summed E-state index contributed by atoms with van der Waals surface area (Å²) in [6, 6.07) is 18.2. The van der Waals surface area contributed by atoms with Gasteiger partial charge in [0.05, 0.1) is 11.2 Å². The summed E-state index contributed by atoms with van der Waals surface area (Å²) < 4.78 is 15.0. The maximum absolute atomic E-state index is 15.0. The fourth-order valence-electron chi connectivity index (χ4n) is 6.05. The molecule has 3 aromatic carbocycles. The highest BCUT2D eigenvalue weighted by Gasteiger charge is 2.43. The van der Waals surface area contributed by atoms with Gasteiger partial charge in [-0.2, -0.15) is 0 Å². The Morgan fingerprint density at radius 1 is 1.12 bits per heavy atom. The first-order valence-corrected chi connectivity index (χ1v) is 14.7. The van der Waals surface area contributed by atoms with Crippen molar-refractivity contribution in [3.05, 3.63) is 105 Å². The maximum atomic E-state index is 15.0. The topological polar surface area (TPSA) is 102 Å². The van der Waals surface area contributed by atoms with E-state index in [1.807, 2.05) is 37.3 Å². The minimum Gasteiger partial charge on any atom is -0.465 e. The van der Waals surface area contributed by atoms with Crippen LogP contribution in [0.25, 0.3) is 0 Å². The van der Waals surface area contributed by atoms with Crippen molar-refractivity contribution < 1.29 is 24.2 Å². The molecule has 4 N–H and O–H groups in total. The Bertz CT molecular complexity index is 1420. The van der Waals surface area contributed by atoms with Crippen molar-refractivity contribution in [3.63, 3.8) is 0 Å². The van der Waals surface area contributed by atoms with Crippen LogP contribution in [0.5, 0.6) is 0 Å². The maximum Gasteiger partial charge on any atom is 0.404 e.